The van der Waals surface area contributed by atoms with Crippen LogP contribution in [-0.4, -0.2) is 9.91 Å². The monoisotopic (exact) mass is 285 g/mol. The number of thiophene rings is 1. The lowest BCUT2D eigenvalue weighted by atomic mass is 10.2. The average Bonchev–Trinajstić information content (AvgIpc) is 2.94. The molecule has 3 aromatic rings. The molecule has 0 radical (unpaired) electrons. The molecule has 3 rings (SSSR count). The second-order valence-corrected chi connectivity index (χ2v) is 5.41. The van der Waals surface area contributed by atoms with Crippen LogP contribution >= 0.6 is 11.3 Å². The van der Waals surface area contributed by atoms with Crippen LogP contribution in [0.25, 0.3) is 10.9 Å². The molecule has 1 aromatic carbocycles. The van der Waals surface area contributed by atoms with E-state index in [9.17, 15) is 10.1 Å². The first-order valence-corrected chi connectivity index (χ1v) is 6.86. The van der Waals surface area contributed by atoms with E-state index in [1.54, 1.807) is 12.3 Å². The van der Waals surface area contributed by atoms with Crippen LogP contribution in [0.15, 0.2) is 48.7 Å². The largest absolute Gasteiger partial charge is 0.379 e. The highest BCUT2D eigenvalue weighted by atomic mass is 32.1. The zero-order chi connectivity index (χ0) is 13.9. The van der Waals surface area contributed by atoms with E-state index in [1.807, 2.05) is 30.3 Å². The van der Waals surface area contributed by atoms with Crippen LogP contribution in [0.3, 0.4) is 0 Å². The number of anilines is 1. The highest BCUT2D eigenvalue weighted by Gasteiger charge is 2.09. The SMILES string of the molecule is O=[N+]([O-])c1ccc(CNc2cnc3ccccc3c2)s1. The van der Waals surface area contributed by atoms with Crippen molar-refractivity contribution in [3.05, 3.63) is 63.7 Å². The van der Waals surface area contributed by atoms with Crippen LogP contribution in [0.2, 0.25) is 0 Å². The van der Waals surface area contributed by atoms with E-state index < -0.39 is 0 Å². The molecule has 0 saturated heterocycles. The number of hydrogen-bond donors (Lipinski definition) is 1. The quantitative estimate of drug-likeness (QED) is 0.584. The van der Waals surface area contributed by atoms with Gasteiger partial charge in [-0.15, -0.1) is 0 Å². The number of para-hydroxylation sites is 1. The molecule has 0 spiro atoms. The van der Waals surface area contributed by atoms with Gasteiger partial charge in [0, 0.05) is 22.9 Å². The molecule has 2 heterocycles. The van der Waals surface area contributed by atoms with Crippen molar-refractivity contribution < 1.29 is 4.92 Å². The van der Waals surface area contributed by atoms with Crippen molar-refractivity contribution in [2.45, 2.75) is 6.54 Å². The molecule has 2 aromatic heterocycles. The summed E-state index contributed by atoms with van der Waals surface area (Å²) in [6.45, 7) is 0.554. The summed E-state index contributed by atoms with van der Waals surface area (Å²) in [4.78, 5) is 15.5. The van der Waals surface area contributed by atoms with Gasteiger partial charge in [-0.3, -0.25) is 15.1 Å². The number of nitrogens with zero attached hydrogens (tertiary/aromatic N) is 2. The minimum atomic E-state index is -0.369. The van der Waals surface area contributed by atoms with E-state index in [4.69, 9.17) is 0 Å². The standard InChI is InChI=1S/C14H11N3O2S/c18-17(19)14-6-5-12(20-14)9-15-11-7-10-3-1-2-4-13(10)16-8-11/h1-8,15H,9H2. The molecule has 5 nitrogen and oxygen atoms in total. The number of hydrogen-bond acceptors (Lipinski definition) is 5. The van der Waals surface area contributed by atoms with Gasteiger partial charge in [0.05, 0.1) is 22.3 Å². The van der Waals surface area contributed by atoms with Gasteiger partial charge in [0.15, 0.2) is 0 Å². The predicted octanol–water partition coefficient (Wildman–Crippen LogP) is 3.82. The Bertz CT molecular complexity index is 770. The summed E-state index contributed by atoms with van der Waals surface area (Å²) < 4.78 is 0. The summed E-state index contributed by atoms with van der Waals surface area (Å²) in [5.74, 6) is 0. The Labute approximate surface area is 119 Å². The van der Waals surface area contributed by atoms with E-state index in [0.717, 1.165) is 21.5 Å². The molecule has 0 saturated carbocycles. The molecule has 0 fully saturated rings. The van der Waals surface area contributed by atoms with Gasteiger partial charge in [0.1, 0.15) is 0 Å². The van der Waals surface area contributed by atoms with Crippen molar-refractivity contribution >= 4 is 32.9 Å². The summed E-state index contributed by atoms with van der Waals surface area (Å²) in [7, 11) is 0. The highest BCUT2D eigenvalue weighted by Crippen LogP contribution is 2.25. The maximum atomic E-state index is 10.6. The van der Waals surface area contributed by atoms with Crippen molar-refractivity contribution in [2.24, 2.45) is 0 Å². The Morgan fingerprint density at radius 2 is 2.10 bits per heavy atom. The van der Waals surface area contributed by atoms with Crippen molar-refractivity contribution in [1.29, 1.82) is 0 Å². The van der Waals surface area contributed by atoms with Crippen molar-refractivity contribution in [3.63, 3.8) is 0 Å². The van der Waals surface area contributed by atoms with Gasteiger partial charge in [-0.1, -0.05) is 29.5 Å². The Kier molecular flexibility index (Phi) is 3.30. The van der Waals surface area contributed by atoms with Crippen LogP contribution in [0.4, 0.5) is 10.7 Å². The van der Waals surface area contributed by atoms with Crippen molar-refractivity contribution in [3.8, 4) is 0 Å². The fourth-order valence-corrected chi connectivity index (χ4v) is 2.68. The van der Waals surface area contributed by atoms with Gasteiger partial charge >= 0.3 is 5.00 Å². The van der Waals surface area contributed by atoms with Gasteiger partial charge in [0.2, 0.25) is 0 Å². The van der Waals surface area contributed by atoms with E-state index in [2.05, 4.69) is 10.3 Å². The first kappa shape index (κ1) is 12.6. The van der Waals surface area contributed by atoms with E-state index in [1.165, 1.54) is 17.4 Å². The van der Waals surface area contributed by atoms with Crippen molar-refractivity contribution in [1.82, 2.24) is 4.98 Å². The molecule has 0 unspecified atom stereocenters. The maximum absolute atomic E-state index is 10.6. The number of pyridine rings is 1. The van der Waals surface area contributed by atoms with Crippen LogP contribution < -0.4 is 5.32 Å². The fraction of sp³-hybridized carbons (Fsp3) is 0.0714. The minimum Gasteiger partial charge on any atom is -0.379 e. The lowest BCUT2D eigenvalue weighted by molar-refractivity contribution is -0.380. The molecule has 6 heteroatoms. The normalized spacial score (nSPS) is 10.6. The molecular formula is C14H11N3O2S. The first-order chi connectivity index (χ1) is 9.72. The van der Waals surface area contributed by atoms with E-state index in [-0.39, 0.29) is 9.92 Å². The van der Waals surface area contributed by atoms with Crippen molar-refractivity contribution in [2.75, 3.05) is 5.32 Å². The Morgan fingerprint density at radius 3 is 2.90 bits per heavy atom. The Balaban J connectivity index is 1.74. The molecule has 1 N–H and O–H groups in total. The molecule has 0 bridgehead atoms. The van der Waals surface area contributed by atoms with Crippen LogP contribution in [0.1, 0.15) is 4.88 Å². The number of nitrogens with one attached hydrogen (secondary N) is 1. The topological polar surface area (TPSA) is 68.1 Å². The number of nitro groups is 1. The van der Waals surface area contributed by atoms with Crippen LogP contribution in [0, 0.1) is 10.1 Å². The third kappa shape index (κ3) is 2.60. The summed E-state index contributed by atoms with van der Waals surface area (Å²) in [6.07, 6.45) is 1.77. The summed E-state index contributed by atoms with van der Waals surface area (Å²) in [5, 5.41) is 15.1. The second-order valence-electron chi connectivity index (χ2n) is 4.27. The van der Waals surface area contributed by atoms with Gasteiger partial charge in [-0.05, 0) is 18.2 Å². The van der Waals surface area contributed by atoms with Gasteiger partial charge < -0.3 is 5.32 Å². The Hall–Kier alpha value is -2.47. The maximum Gasteiger partial charge on any atom is 0.324 e. The zero-order valence-electron chi connectivity index (χ0n) is 10.4. The third-order valence-corrected chi connectivity index (χ3v) is 3.92. The molecule has 0 atom stereocenters. The lowest BCUT2D eigenvalue weighted by Gasteiger charge is -2.05. The smallest absolute Gasteiger partial charge is 0.324 e. The third-order valence-electron chi connectivity index (χ3n) is 2.88. The second kappa shape index (κ2) is 5.26. The van der Waals surface area contributed by atoms with Gasteiger partial charge in [-0.2, -0.15) is 0 Å². The molecule has 100 valence electrons. The molecule has 0 aliphatic heterocycles. The lowest BCUT2D eigenvalue weighted by Crippen LogP contribution is -1.97. The minimum absolute atomic E-state index is 0.165. The molecule has 0 aliphatic carbocycles. The predicted molar refractivity (Wildman–Crippen MR) is 80.0 cm³/mol. The fourth-order valence-electron chi connectivity index (χ4n) is 1.92. The molecule has 0 aliphatic rings. The number of benzene rings is 1. The zero-order valence-corrected chi connectivity index (χ0v) is 11.3. The number of fused-ring (bicyclic) bond motifs is 1. The summed E-state index contributed by atoms with van der Waals surface area (Å²) in [6, 6.07) is 13.2. The molecule has 0 amide bonds. The first-order valence-electron chi connectivity index (χ1n) is 6.04. The van der Waals surface area contributed by atoms with E-state index >= 15 is 0 Å². The highest BCUT2D eigenvalue weighted by molar-refractivity contribution is 7.15. The number of rotatable bonds is 4. The summed E-state index contributed by atoms with van der Waals surface area (Å²) >= 11 is 1.18. The Morgan fingerprint density at radius 1 is 1.25 bits per heavy atom. The van der Waals surface area contributed by atoms with Gasteiger partial charge in [-0.25, -0.2) is 0 Å². The molecular weight excluding hydrogens is 274 g/mol. The average molecular weight is 285 g/mol. The van der Waals surface area contributed by atoms with Crippen LogP contribution in [-0.2, 0) is 6.54 Å². The number of aromatic nitrogens is 1. The van der Waals surface area contributed by atoms with Crippen LogP contribution in [0.5, 0.6) is 0 Å². The molecule has 20 heavy (non-hydrogen) atoms. The van der Waals surface area contributed by atoms with Gasteiger partial charge in [0.25, 0.3) is 0 Å². The summed E-state index contributed by atoms with van der Waals surface area (Å²) in [5.41, 5.74) is 1.85. The van der Waals surface area contributed by atoms with E-state index in [0.29, 0.717) is 6.54 Å².